The van der Waals surface area contributed by atoms with Crippen molar-refractivity contribution < 1.29 is 4.21 Å². The van der Waals surface area contributed by atoms with Crippen molar-refractivity contribution in [1.82, 2.24) is 0 Å². The standard InChI is InChI=1S/C3H6OS2/c1-2-6(4)3-5/h3H,2H2,1H3. The molecule has 0 aliphatic carbocycles. The molecule has 0 aromatic heterocycles. The second-order valence-corrected chi connectivity index (χ2v) is 2.87. The van der Waals surface area contributed by atoms with Crippen molar-refractivity contribution in [3.63, 3.8) is 0 Å². The van der Waals surface area contributed by atoms with Crippen molar-refractivity contribution in [2.45, 2.75) is 6.92 Å². The number of hydrogen-bond donors (Lipinski definition) is 0. The first-order valence-corrected chi connectivity index (χ1v) is 3.49. The van der Waals surface area contributed by atoms with Crippen LogP contribution in [0.15, 0.2) is 0 Å². The minimum Gasteiger partial charge on any atom is -0.254 e. The first kappa shape index (κ1) is 6.24. The van der Waals surface area contributed by atoms with Crippen LogP contribution in [0.4, 0.5) is 0 Å². The molecule has 0 N–H and O–H groups in total. The zero-order chi connectivity index (χ0) is 4.99. The Morgan fingerprint density at radius 1 is 2.00 bits per heavy atom. The van der Waals surface area contributed by atoms with E-state index in [4.69, 9.17) is 0 Å². The van der Waals surface area contributed by atoms with Gasteiger partial charge in [0.2, 0.25) is 0 Å². The van der Waals surface area contributed by atoms with Gasteiger partial charge < -0.3 is 0 Å². The molecule has 1 atom stereocenters. The van der Waals surface area contributed by atoms with Crippen molar-refractivity contribution in [2.75, 3.05) is 5.75 Å². The Hall–Kier alpha value is 0.240. The molecule has 6 heavy (non-hydrogen) atoms. The fourth-order valence-electron chi connectivity index (χ4n) is 0.0680. The Kier molecular flexibility index (Phi) is 3.57. The molecule has 0 fully saturated rings. The van der Waals surface area contributed by atoms with Gasteiger partial charge in [-0.05, 0) is 0 Å². The number of hydrogen-bond acceptors (Lipinski definition) is 2. The van der Waals surface area contributed by atoms with Crippen LogP contribution in [-0.2, 0) is 10.8 Å². The van der Waals surface area contributed by atoms with Gasteiger partial charge in [-0.2, -0.15) is 0 Å². The summed E-state index contributed by atoms with van der Waals surface area (Å²) in [4.78, 5) is 0. The molecule has 36 valence electrons. The molecular formula is C3H6OS2. The van der Waals surface area contributed by atoms with Gasteiger partial charge in [-0.1, -0.05) is 19.1 Å². The molecule has 0 rings (SSSR count). The van der Waals surface area contributed by atoms with E-state index in [1.807, 2.05) is 6.92 Å². The summed E-state index contributed by atoms with van der Waals surface area (Å²) in [5.41, 5.74) is 0. The molecule has 3 heteroatoms. The van der Waals surface area contributed by atoms with Gasteiger partial charge in [-0.3, -0.25) is 4.21 Å². The lowest BCUT2D eigenvalue weighted by Crippen LogP contribution is -1.88. The molecule has 0 aromatic rings. The summed E-state index contributed by atoms with van der Waals surface area (Å²) in [5.74, 6) is 0.642. The predicted molar refractivity (Wildman–Crippen MR) is 32.3 cm³/mol. The molecule has 0 saturated carbocycles. The van der Waals surface area contributed by atoms with Gasteiger partial charge in [0.1, 0.15) is 0 Å². The highest BCUT2D eigenvalue weighted by molar-refractivity contribution is 8.10. The molecule has 0 aliphatic rings. The highest BCUT2D eigenvalue weighted by Crippen LogP contribution is 1.70. The van der Waals surface area contributed by atoms with Gasteiger partial charge in [-0.25, -0.2) is 0 Å². The predicted octanol–water partition coefficient (Wildman–Crippen LogP) is 0.712. The van der Waals surface area contributed by atoms with Crippen LogP contribution in [0.25, 0.3) is 0 Å². The highest BCUT2D eigenvalue weighted by atomic mass is 32.2. The SMILES string of the molecule is CCS(=O)C=S. The minimum atomic E-state index is -0.844. The molecule has 0 saturated heterocycles. The molecule has 0 aromatic carbocycles. The normalized spacial score (nSPS) is 13.5. The van der Waals surface area contributed by atoms with E-state index >= 15 is 0 Å². The van der Waals surface area contributed by atoms with E-state index in [1.54, 1.807) is 0 Å². The molecule has 0 amide bonds. The molecule has 1 nitrogen and oxygen atoms in total. The smallest absolute Gasteiger partial charge is 0.0656 e. The maximum Gasteiger partial charge on any atom is 0.0656 e. The first-order chi connectivity index (χ1) is 2.81. The van der Waals surface area contributed by atoms with Crippen molar-refractivity contribution >= 4 is 27.7 Å². The van der Waals surface area contributed by atoms with Crippen molar-refractivity contribution in [2.24, 2.45) is 0 Å². The van der Waals surface area contributed by atoms with Crippen LogP contribution in [0.5, 0.6) is 0 Å². The van der Waals surface area contributed by atoms with Crippen molar-refractivity contribution in [1.29, 1.82) is 0 Å². The quantitative estimate of drug-likeness (QED) is 0.502. The van der Waals surface area contributed by atoms with Gasteiger partial charge in [0.15, 0.2) is 0 Å². The Labute approximate surface area is 45.2 Å². The molecule has 0 bridgehead atoms. The topological polar surface area (TPSA) is 17.1 Å². The maximum absolute atomic E-state index is 10.1. The number of thiocarbonyl (C=S) groups is 1. The Morgan fingerprint density at radius 3 is 2.50 bits per heavy atom. The van der Waals surface area contributed by atoms with Gasteiger partial charge in [0.05, 0.1) is 15.5 Å². The molecular weight excluding hydrogens is 116 g/mol. The van der Waals surface area contributed by atoms with Gasteiger partial charge in [0, 0.05) is 5.75 Å². The second kappa shape index (κ2) is 3.43. The van der Waals surface area contributed by atoms with Crippen LogP contribution in [0, 0.1) is 0 Å². The third-order valence-corrected chi connectivity index (χ3v) is 1.82. The summed E-state index contributed by atoms with van der Waals surface area (Å²) in [5, 5.41) is 0. The van der Waals surface area contributed by atoms with E-state index in [0.29, 0.717) is 5.75 Å². The third-order valence-electron chi connectivity index (χ3n) is 0.392. The lowest BCUT2D eigenvalue weighted by atomic mass is 11.0. The van der Waals surface area contributed by atoms with Crippen molar-refractivity contribution in [3.8, 4) is 0 Å². The van der Waals surface area contributed by atoms with Crippen molar-refractivity contribution in [3.05, 3.63) is 0 Å². The van der Waals surface area contributed by atoms with E-state index in [2.05, 4.69) is 12.2 Å². The van der Waals surface area contributed by atoms with E-state index in [-0.39, 0.29) is 0 Å². The Balaban J connectivity index is 3.23. The van der Waals surface area contributed by atoms with E-state index < -0.39 is 10.8 Å². The average Bonchev–Trinajstić information content (AvgIpc) is 1.65. The Bertz CT molecular complexity index is 69.2. The van der Waals surface area contributed by atoms with E-state index in [1.165, 1.54) is 4.70 Å². The van der Waals surface area contributed by atoms with Crippen LogP contribution >= 0.6 is 12.2 Å². The zero-order valence-electron chi connectivity index (χ0n) is 3.51. The van der Waals surface area contributed by atoms with Crippen LogP contribution in [-0.4, -0.2) is 14.7 Å². The zero-order valence-corrected chi connectivity index (χ0v) is 5.14. The summed E-state index contributed by atoms with van der Waals surface area (Å²) in [6.07, 6.45) is 0. The molecule has 0 aliphatic heterocycles. The summed E-state index contributed by atoms with van der Waals surface area (Å²) in [6.45, 7) is 1.83. The fraction of sp³-hybridized carbons (Fsp3) is 0.667. The summed E-state index contributed by atoms with van der Waals surface area (Å²) in [6, 6.07) is 0. The highest BCUT2D eigenvalue weighted by Gasteiger charge is 1.80. The van der Waals surface area contributed by atoms with Gasteiger partial charge in [-0.15, -0.1) is 0 Å². The summed E-state index contributed by atoms with van der Waals surface area (Å²) < 4.78 is 11.4. The van der Waals surface area contributed by atoms with Crippen LogP contribution in [0.3, 0.4) is 0 Å². The summed E-state index contributed by atoms with van der Waals surface area (Å²) in [7, 11) is -0.844. The molecule has 0 heterocycles. The molecule has 1 unspecified atom stereocenters. The fourth-order valence-corrected chi connectivity index (χ4v) is 0.612. The van der Waals surface area contributed by atoms with Crippen LogP contribution in [0.1, 0.15) is 6.92 Å². The molecule has 0 spiro atoms. The summed E-state index contributed by atoms with van der Waals surface area (Å²) >= 11 is 4.35. The minimum absolute atomic E-state index is 0.642. The lowest BCUT2D eigenvalue weighted by molar-refractivity contribution is 0.691. The number of rotatable bonds is 2. The van der Waals surface area contributed by atoms with Gasteiger partial charge >= 0.3 is 0 Å². The molecule has 0 radical (unpaired) electrons. The lowest BCUT2D eigenvalue weighted by Gasteiger charge is -1.76. The second-order valence-electron chi connectivity index (χ2n) is 0.766. The largest absolute Gasteiger partial charge is 0.254 e. The maximum atomic E-state index is 10.1. The van der Waals surface area contributed by atoms with E-state index in [9.17, 15) is 4.21 Å². The van der Waals surface area contributed by atoms with Gasteiger partial charge in [0.25, 0.3) is 0 Å². The van der Waals surface area contributed by atoms with Crippen LogP contribution < -0.4 is 0 Å². The monoisotopic (exact) mass is 122 g/mol. The first-order valence-electron chi connectivity index (χ1n) is 1.63. The third kappa shape index (κ3) is 2.48. The Morgan fingerprint density at radius 2 is 2.50 bits per heavy atom. The average molecular weight is 122 g/mol. The van der Waals surface area contributed by atoms with Crippen LogP contribution in [0.2, 0.25) is 0 Å². The van der Waals surface area contributed by atoms with E-state index in [0.717, 1.165) is 0 Å².